The molecule has 0 radical (unpaired) electrons. The summed E-state index contributed by atoms with van der Waals surface area (Å²) in [5.41, 5.74) is 1.10. The first kappa shape index (κ1) is 18.5. The lowest BCUT2D eigenvalue weighted by atomic mass is 10.1. The van der Waals surface area contributed by atoms with Crippen molar-refractivity contribution in [2.75, 3.05) is 20.2 Å². The smallest absolute Gasteiger partial charge is 0.224 e. The first-order valence-electron chi connectivity index (χ1n) is 7.48. The molecule has 1 aromatic rings. The van der Waals surface area contributed by atoms with Crippen LogP contribution in [0.15, 0.2) is 36.9 Å². The molecule has 1 saturated heterocycles. The molecule has 0 bridgehead atoms. The van der Waals surface area contributed by atoms with E-state index in [-0.39, 0.29) is 18.3 Å². The van der Waals surface area contributed by atoms with Crippen molar-refractivity contribution in [3.8, 4) is 5.75 Å². The summed E-state index contributed by atoms with van der Waals surface area (Å²) in [5.74, 6) is 1.01. The molecule has 22 heavy (non-hydrogen) atoms. The van der Waals surface area contributed by atoms with Gasteiger partial charge in [-0.2, -0.15) is 0 Å². The highest BCUT2D eigenvalue weighted by Crippen LogP contribution is 2.15. The van der Waals surface area contributed by atoms with Crippen LogP contribution in [0.2, 0.25) is 0 Å². The van der Waals surface area contributed by atoms with Crippen LogP contribution in [0.3, 0.4) is 0 Å². The number of rotatable bonds is 7. The number of hydrogen-bond acceptors (Lipinski definition) is 3. The standard InChI is InChI=1S/C17H24N2O2.ClH/c1-3-11-19(17(20)12-15-5-4-10-18-15)13-14-6-8-16(21-2)9-7-14;/h3,6-9,15,18H,1,4-5,10-13H2,2H3;1H. The minimum absolute atomic E-state index is 0. The van der Waals surface area contributed by atoms with Gasteiger partial charge < -0.3 is 15.0 Å². The third-order valence-corrected chi connectivity index (χ3v) is 3.82. The largest absolute Gasteiger partial charge is 0.497 e. The van der Waals surface area contributed by atoms with Crippen molar-refractivity contribution in [3.05, 3.63) is 42.5 Å². The van der Waals surface area contributed by atoms with E-state index in [1.54, 1.807) is 13.2 Å². The first-order valence-corrected chi connectivity index (χ1v) is 7.48. The van der Waals surface area contributed by atoms with Crippen molar-refractivity contribution < 1.29 is 9.53 Å². The molecule has 1 amide bonds. The van der Waals surface area contributed by atoms with Crippen LogP contribution >= 0.6 is 12.4 Å². The van der Waals surface area contributed by atoms with Crippen molar-refractivity contribution in [2.24, 2.45) is 0 Å². The van der Waals surface area contributed by atoms with Crippen LogP contribution in [-0.2, 0) is 11.3 Å². The number of halogens is 1. The molecule has 1 aliphatic rings. The molecule has 1 aliphatic heterocycles. The molecule has 1 N–H and O–H groups in total. The summed E-state index contributed by atoms with van der Waals surface area (Å²) in [4.78, 5) is 14.3. The minimum atomic E-state index is 0. The maximum absolute atomic E-state index is 12.4. The molecule has 1 heterocycles. The average Bonchev–Trinajstić information content (AvgIpc) is 3.00. The van der Waals surface area contributed by atoms with Gasteiger partial charge in [-0.15, -0.1) is 19.0 Å². The second-order valence-corrected chi connectivity index (χ2v) is 5.41. The first-order chi connectivity index (χ1) is 10.2. The number of benzene rings is 1. The molecule has 1 aromatic carbocycles. The van der Waals surface area contributed by atoms with Crippen molar-refractivity contribution >= 4 is 18.3 Å². The molecule has 0 aliphatic carbocycles. The lowest BCUT2D eigenvalue weighted by molar-refractivity contribution is -0.131. The topological polar surface area (TPSA) is 41.6 Å². The van der Waals surface area contributed by atoms with Crippen molar-refractivity contribution in [1.29, 1.82) is 0 Å². The number of hydrogen-bond donors (Lipinski definition) is 1. The fourth-order valence-electron chi connectivity index (χ4n) is 2.63. The van der Waals surface area contributed by atoms with Gasteiger partial charge in [0, 0.05) is 25.6 Å². The molecule has 5 heteroatoms. The second kappa shape index (κ2) is 9.49. The lowest BCUT2D eigenvalue weighted by Crippen LogP contribution is -2.35. The van der Waals surface area contributed by atoms with Crippen LogP contribution in [0.5, 0.6) is 5.75 Å². The van der Waals surface area contributed by atoms with Gasteiger partial charge in [-0.1, -0.05) is 18.2 Å². The minimum Gasteiger partial charge on any atom is -0.497 e. The summed E-state index contributed by atoms with van der Waals surface area (Å²) in [6.45, 7) is 5.97. The molecule has 4 nitrogen and oxygen atoms in total. The zero-order chi connectivity index (χ0) is 15.1. The summed E-state index contributed by atoms with van der Waals surface area (Å²) >= 11 is 0. The van der Waals surface area contributed by atoms with E-state index in [1.165, 1.54) is 0 Å². The van der Waals surface area contributed by atoms with Crippen molar-refractivity contribution in [3.63, 3.8) is 0 Å². The van der Waals surface area contributed by atoms with E-state index in [4.69, 9.17) is 4.74 Å². The molecule has 0 saturated carbocycles. The highest BCUT2D eigenvalue weighted by atomic mass is 35.5. The number of nitrogens with one attached hydrogen (secondary N) is 1. The highest BCUT2D eigenvalue weighted by Gasteiger charge is 2.21. The zero-order valence-corrected chi connectivity index (χ0v) is 13.9. The van der Waals surface area contributed by atoms with E-state index in [0.717, 1.165) is 30.7 Å². The van der Waals surface area contributed by atoms with Crippen LogP contribution in [0.1, 0.15) is 24.8 Å². The Bertz CT molecular complexity index is 470. The molecule has 2 rings (SSSR count). The lowest BCUT2D eigenvalue weighted by Gasteiger charge is -2.23. The van der Waals surface area contributed by atoms with E-state index in [1.807, 2.05) is 29.2 Å². The summed E-state index contributed by atoms with van der Waals surface area (Å²) in [5, 5.41) is 3.37. The van der Waals surface area contributed by atoms with Crippen molar-refractivity contribution in [2.45, 2.75) is 31.8 Å². The molecule has 0 spiro atoms. The summed E-state index contributed by atoms with van der Waals surface area (Å²) in [6, 6.07) is 8.17. The third kappa shape index (κ3) is 5.35. The van der Waals surface area contributed by atoms with Crippen LogP contribution in [0.4, 0.5) is 0 Å². The quantitative estimate of drug-likeness (QED) is 0.784. The molecular weight excluding hydrogens is 300 g/mol. The summed E-state index contributed by atoms with van der Waals surface area (Å²) in [6.07, 6.45) is 4.61. The predicted octanol–water partition coefficient (Wildman–Crippen LogP) is 2.77. The Kier molecular flexibility index (Phi) is 7.99. The van der Waals surface area contributed by atoms with E-state index in [2.05, 4.69) is 11.9 Å². The molecule has 1 unspecified atom stereocenters. The van der Waals surface area contributed by atoms with Gasteiger partial charge in [-0.25, -0.2) is 0 Å². The Hall–Kier alpha value is -1.52. The Morgan fingerprint density at radius 3 is 2.73 bits per heavy atom. The SMILES string of the molecule is C=CCN(Cc1ccc(OC)cc1)C(=O)CC1CCCN1.Cl. The average molecular weight is 325 g/mol. The van der Waals surface area contributed by atoms with Crippen LogP contribution in [0.25, 0.3) is 0 Å². The van der Waals surface area contributed by atoms with Gasteiger partial charge in [-0.3, -0.25) is 4.79 Å². The molecule has 1 atom stereocenters. The molecule has 1 fully saturated rings. The Labute approximate surface area is 138 Å². The number of amides is 1. The fraction of sp³-hybridized carbons (Fsp3) is 0.471. The van der Waals surface area contributed by atoms with E-state index < -0.39 is 0 Å². The number of methoxy groups -OCH3 is 1. The molecular formula is C17H25ClN2O2. The highest BCUT2D eigenvalue weighted by molar-refractivity contribution is 5.85. The van der Waals surface area contributed by atoms with Gasteiger partial charge in [0.1, 0.15) is 5.75 Å². The normalized spacial score (nSPS) is 16.7. The second-order valence-electron chi connectivity index (χ2n) is 5.41. The monoisotopic (exact) mass is 324 g/mol. The van der Waals surface area contributed by atoms with Crippen LogP contribution in [-0.4, -0.2) is 37.0 Å². The molecule has 122 valence electrons. The van der Waals surface area contributed by atoms with Crippen LogP contribution < -0.4 is 10.1 Å². The Morgan fingerprint density at radius 2 is 2.18 bits per heavy atom. The molecule has 0 aromatic heterocycles. The number of nitrogens with zero attached hydrogens (tertiary/aromatic N) is 1. The zero-order valence-electron chi connectivity index (χ0n) is 13.1. The van der Waals surface area contributed by atoms with Crippen LogP contribution in [0, 0.1) is 0 Å². The summed E-state index contributed by atoms with van der Waals surface area (Å²) in [7, 11) is 1.65. The predicted molar refractivity (Wildman–Crippen MR) is 91.5 cm³/mol. The van der Waals surface area contributed by atoms with Gasteiger partial charge in [0.15, 0.2) is 0 Å². The number of ether oxygens (including phenoxy) is 1. The van der Waals surface area contributed by atoms with E-state index in [0.29, 0.717) is 25.6 Å². The fourth-order valence-corrected chi connectivity index (χ4v) is 2.63. The van der Waals surface area contributed by atoms with E-state index in [9.17, 15) is 4.79 Å². The maximum atomic E-state index is 12.4. The van der Waals surface area contributed by atoms with Gasteiger partial charge in [0.25, 0.3) is 0 Å². The Morgan fingerprint density at radius 1 is 1.45 bits per heavy atom. The maximum Gasteiger partial charge on any atom is 0.224 e. The van der Waals surface area contributed by atoms with Gasteiger partial charge in [0.05, 0.1) is 7.11 Å². The number of carbonyl (C=O) groups excluding carboxylic acids is 1. The third-order valence-electron chi connectivity index (χ3n) is 3.82. The van der Waals surface area contributed by atoms with Gasteiger partial charge in [0.2, 0.25) is 5.91 Å². The van der Waals surface area contributed by atoms with Gasteiger partial charge >= 0.3 is 0 Å². The number of carbonyl (C=O) groups is 1. The summed E-state index contributed by atoms with van der Waals surface area (Å²) < 4.78 is 5.15. The van der Waals surface area contributed by atoms with E-state index >= 15 is 0 Å². The van der Waals surface area contributed by atoms with Gasteiger partial charge in [-0.05, 0) is 37.1 Å². The van der Waals surface area contributed by atoms with Crippen molar-refractivity contribution in [1.82, 2.24) is 10.2 Å². The Balaban J connectivity index is 0.00000242.